The monoisotopic (exact) mass is 394 g/mol. The normalized spacial score (nSPS) is 10.0. The molecule has 0 aliphatic heterocycles. The number of amides is 1. The van der Waals surface area contributed by atoms with E-state index in [2.05, 4.69) is 5.32 Å². The molecular weight excluding hydrogens is 383 g/mol. The van der Waals surface area contributed by atoms with Crippen molar-refractivity contribution < 1.29 is 14.3 Å². The first kappa shape index (κ1) is 19.1. The zero-order chi connectivity index (χ0) is 18.4. The van der Waals surface area contributed by atoms with Gasteiger partial charge >= 0.3 is 5.97 Å². The molecule has 8 heteroatoms. The molecule has 0 saturated carbocycles. The number of carbonyl (C=O) groups excluding carboxylic acids is 2. The molecule has 0 bridgehead atoms. The second-order valence-electron chi connectivity index (χ2n) is 4.89. The number of nitrogens with one attached hydrogen (secondary N) is 1. The molecule has 128 valence electrons. The Morgan fingerprint density at radius 1 is 1.24 bits per heavy atom. The predicted octanol–water partition coefficient (Wildman–Crippen LogP) is 4.67. The van der Waals surface area contributed by atoms with Crippen LogP contribution in [0.5, 0.6) is 0 Å². The van der Waals surface area contributed by atoms with Crippen molar-refractivity contribution in [3.63, 3.8) is 0 Å². The van der Waals surface area contributed by atoms with Crippen molar-refractivity contribution in [2.24, 2.45) is 0 Å². The van der Waals surface area contributed by atoms with Gasteiger partial charge in [0.1, 0.15) is 5.40 Å². The standard InChI is InChI=1S/C17H12Cl2N2O3S/c1-10-7-11(25-9-20)5-6-14(10)21-15(22)8-24-17(23)16-12(18)3-2-4-13(16)19/h2-7H,8H2,1H3,(H,21,22). The van der Waals surface area contributed by atoms with Gasteiger partial charge in [-0.25, -0.2) is 4.79 Å². The first-order valence-corrected chi connectivity index (χ1v) is 8.57. The van der Waals surface area contributed by atoms with Crippen molar-refractivity contribution in [2.75, 3.05) is 11.9 Å². The number of halogens is 2. The molecule has 0 fully saturated rings. The average Bonchev–Trinajstić information content (AvgIpc) is 2.55. The van der Waals surface area contributed by atoms with Crippen molar-refractivity contribution in [3.8, 4) is 5.40 Å². The lowest BCUT2D eigenvalue weighted by molar-refractivity contribution is -0.119. The highest BCUT2D eigenvalue weighted by Crippen LogP contribution is 2.25. The molecule has 0 aliphatic carbocycles. The highest BCUT2D eigenvalue weighted by molar-refractivity contribution is 8.03. The van der Waals surface area contributed by atoms with E-state index in [1.54, 1.807) is 31.2 Å². The fourth-order valence-electron chi connectivity index (χ4n) is 1.97. The maximum Gasteiger partial charge on any atom is 0.341 e. The van der Waals surface area contributed by atoms with E-state index in [-0.39, 0.29) is 15.6 Å². The van der Waals surface area contributed by atoms with Crippen LogP contribution in [0.4, 0.5) is 5.69 Å². The van der Waals surface area contributed by atoms with Crippen LogP contribution in [-0.2, 0) is 9.53 Å². The summed E-state index contributed by atoms with van der Waals surface area (Å²) < 4.78 is 4.96. The lowest BCUT2D eigenvalue weighted by Gasteiger charge is -2.10. The number of benzene rings is 2. The van der Waals surface area contributed by atoms with Crippen LogP contribution in [0, 0.1) is 17.6 Å². The van der Waals surface area contributed by atoms with Crippen molar-refractivity contribution in [1.82, 2.24) is 0 Å². The number of ether oxygens (including phenoxy) is 1. The molecule has 0 atom stereocenters. The topological polar surface area (TPSA) is 79.2 Å². The molecule has 0 unspecified atom stereocenters. The highest BCUT2D eigenvalue weighted by Gasteiger charge is 2.17. The van der Waals surface area contributed by atoms with Gasteiger partial charge in [0.05, 0.1) is 15.6 Å². The van der Waals surface area contributed by atoms with Crippen LogP contribution in [0.1, 0.15) is 15.9 Å². The molecule has 2 aromatic rings. The van der Waals surface area contributed by atoms with Gasteiger partial charge in [0.25, 0.3) is 5.91 Å². The summed E-state index contributed by atoms with van der Waals surface area (Å²) in [6, 6.07) is 9.79. The van der Waals surface area contributed by atoms with Gasteiger partial charge in [0.2, 0.25) is 0 Å². The second-order valence-corrected chi connectivity index (χ2v) is 6.56. The van der Waals surface area contributed by atoms with Gasteiger partial charge in [-0.3, -0.25) is 4.79 Å². The fourth-order valence-corrected chi connectivity index (χ4v) is 3.00. The fraction of sp³-hybridized carbons (Fsp3) is 0.118. The smallest absolute Gasteiger partial charge is 0.341 e. The van der Waals surface area contributed by atoms with Gasteiger partial charge in [-0.05, 0) is 54.6 Å². The average molecular weight is 395 g/mol. The maximum atomic E-state index is 12.0. The molecule has 5 nitrogen and oxygen atoms in total. The zero-order valence-corrected chi connectivity index (χ0v) is 15.3. The zero-order valence-electron chi connectivity index (χ0n) is 13.0. The largest absolute Gasteiger partial charge is 0.452 e. The molecule has 0 radical (unpaired) electrons. The van der Waals surface area contributed by atoms with Crippen LogP contribution in [0.2, 0.25) is 10.0 Å². The Bertz CT molecular complexity index is 845. The number of thiocyanates is 1. The third-order valence-corrected chi connectivity index (χ3v) is 4.35. The summed E-state index contributed by atoms with van der Waals surface area (Å²) >= 11 is 12.9. The number of aryl methyl sites for hydroxylation is 1. The Labute approximate surface area is 158 Å². The first-order chi connectivity index (χ1) is 11.9. The molecule has 2 rings (SSSR count). The summed E-state index contributed by atoms with van der Waals surface area (Å²) in [5.74, 6) is -1.27. The summed E-state index contributed by atoms with van der Waals surface area (Å²) in [7, 11) is 0. The number of rotatable bonds is 5. The number of nitriles is 1. The third-order valence-electron chi connectivity index (χ3n) is 3.14. The summed E-state index contributed by atoms with van der Waals surface area (Å²) in [6.45, 7) is 1.32. The van der Waals surface area contributed by atoms with Crippen LogP contribution in [0.25, 0.3) is 0 Å². The van der Waals surface area contributed by atoms with E-state index < -0.39 is 18.5 Å². The van der Waals surface area contributed by atoms with E-state index >= 15 is 0 Å². The van der Waals surface area contributed by atoms with Crippen molar-refractivity contribution in [2.45, 2.75) is 11.8 Å². The number of nitrogens with zero attached hydrogens (tertiary/aromatic N) is 1. The predicted molar refractivity (Wildman–Crippen MR) is 98.0 cm³/mol. The lowest BCUT2D eigenvalue weighted by Crippen LogP contribution is -2.21. The lowest BCUT2D eigenvalue weighted by atomic mass is 10.2. The number of hydrogen-bond acceptors (Lipinski definition) is 5. The van der Waals surface area contributed by atoms with Crippen LogP contribution in [0.3, 0.4) is 0 Å². The maximum absolute atomic E-state index is 12.0. The van der Waals surface area contributed by atoms with Crippen LogP contribution >= 0.6 is 35.0 Å². The molecule has 25 heavy (non-hydrogen) atoms. The molecule has 0 heterocycles. The van der Waals surface area contributed by atoms with Crippen molar-refractivity contribution >= 4 is 52.5 Å². The van der Waals surface area contributed by atoms with E-state index in [9.17, 15) is 9.59 Å². The van der Waals surface area contributed by atoms with Crippen LogP contribution in [-0.4, -0.2) is 18.5 Å². The minimum Gasteiger partial charge on any atom is -0.452 e. The SMILES string of the molecule is Cc1cc(SC#N)ccc1NC(=O)COC(=O)c1c(Cl)cccc1Cl. The Balaban J connectivity index is 1.97. The van der Waals surface area contributed by atoms with Gasteiger partial charge in [0.15, 0.2) is 6.61 Å². The summed E-state index contributed by atoms with van der Waals surface area (Å²) in [6.07, 6.45) is 0. The highest BCUT2D eigenvalue weighted by atomic mass is 35.5. The molecule has 2 aromatic carbocycles. The number of anilines is 1. The van der Waals surface area contributed by atoms with Gasteiger partial charge in [-0.1, -0.05) is 29.3 Å². The summed E-state index contributed by atoms with van der Waals surface area (Å²) in [5.41, 5.74) is 1.38. The molecule has 0 aromatic heterocycles. The molecule has 0 aliphatic rings. The van der Waals surface area contributed by atoms with Crippen molar-refractivity contribution in [1.29, 1.82) is 5.26 Å². The second kappa shape index (κ2) is 8.77. The molecule has 0 saturated heterocycles. The number of carbonyl (C=O) groups is 2. The number of hydrogen-bond donors (Lipinski definition) is 1. The third kappa shape index (κ3) is 5.13. The quantitative estimate of drug-likeness (QED) is 0.452. The Hall–Kier alpha value is -2.20. The van der Waals surface area contributed by atoms with E-state index in [0.29, 0.717) is 5.69 Å². The van der Waals surface area contributed by atoms with E-state index in [0.717, 1.165) is 22.2 Å². The first-order valence-electron chi connectivity index (χ1n) is 7.00. The van der Waals surface area contributed by atoms with E-state index in [1.165, 1.54) is 12.1 Å². The minimum atomic E-state index is -0.775. The Kier molecular flexibility index (Phi) is 6.71. The molecule has 1 N–H and O–H groups in total. The summed E-state index contributed by atoms with van der Waals surface area (Å²) in [5, 5.41) is 13.6. The van der Waals surface area contributed by atoms with Gasteiger partial charge in [0, 0.05) is 10.6 Å². The molecule has 1 amide bonds. The number of esters is 1. The van der Waals surface area contributed by atoms with E-state index in [4.69, 9.17) is 33.2 Å². The Morgan fingerprint density at radius 2 is 1.92 bits per heavy atom. The van der Waals surface area contributed by atoms with Gasteiger partial charge in [-0.2, -0.15) is 5.26 Å². The summed E-state index contributed by atoms with van der Waals surface area (Å²) in [4.78, 5) is 24.8. The van der Waals surface area contributed by atoms with Gasteiger partial charge in [-0.15, -0.1) is 0 Å². The molecule has 0 spiro atoms. The minimum absolute atomic E-state index is 0.0210. The van der Waals surface area contributed by atoms with Gasteiger partial charge < -0.3 is 10.1 Å². The number of thioether (sulfide) groups is 1. The van der Waals surface area contributed by atoms with Crippen molar-refractivity contribution in [3.05, 3.63) is 57.6 Å². The molecular formula is C17H12Cl2N2O3S. The van der Waals surface area contributed by atoms with Crippen LogP contribution in [0.15, 0.2) is 41.3 Å². The van der Waals surface area contributed by atoms with Crippen LogP contribution < -0.4 is 5.32 Å². The van der Waals surface area contributed by atoms with E-state index in [1.807, 2.05) is 5.40 Å². The Morgan fingerprint density at radius 3 is 2.52 bits per heavy atom.